The Balaban J connectivity index is -0.0000000257. The second-order valence-electron chi connectivity index (χ2n) is 0.949. The summed E-state index contributed by atoms with van der Waals surface area (Å²) in [4.78, 5) is 0. The van der Waals surface area contributed by atoms with Crippen LogP contribution >= 0.6 is 37.9 Å². The number of thiol groups is 3. The van der Waals surface area contributed by atoms with E-state index in [0.717, 1.165) is 17.3 Å². The third-order valence-corrected chi connectivity index (χ3v) is 0. The molecule has 0 saturated heterocycles. The highest BCUT2D eigenvalue weighted by Gasteiger charge is 1.36. The van der Waals surface area contributed by atoms with Gasteiger partial charge in [-0.1, -0.05) is 20.8 Å². The third kappa shape index (κ3) is 567. The highest BCUT2D eigenvalue weighted by molar-refractivity contribution is 7.80. The molecule has 0 aromatic rings. The molecule has 0 unspecified atom stereocenters. The molecule has 0 bridgehead atoms. The van der Waals surface area contributed by atoms with Crippen molar-refractivity contribution < 1.29 is 0 Å². The van der Waals surface area contributed by atoms with Crippen LogP contribution in [-0.2, 0) is 0 Å². The summed E-state index contributed by atoms with van der Waals surface area (Å²) in [6.07, 6.45) is 0. The van der Waals surface area contributed by atoms with E-state index in [-0.39, 0.29) is 6.15 Å². The lowest BCUT2D eigenvalue weighted by atomic mass is 11.0. The maximum absolute atomic E-state index is 3.79. The normalized spacial score (nSPS) is 5.40. The zero-order chi connectivity index (χ0) is 8.12. The first-order chi connectivity index (χ1) is 4.24. The second kappa shape index (κ2) is 50.5. The van der Waals surface area contributed by atoms with Gasteiger partial charge in [-0.3, -0.25) is 0 Å². The molecule has 3 N–H and O–H groups in total. The molecule has 0 saturated carbocycles. The number of hydrogen-bond acceptors (Lipinski definition) is 4. The van der Waals surface area contributed by atoms with Gasteiger partial charge >= 0.3 is 0 Å². The lowest BCUT2D eigenvalue weighted by molar-refractivity contribution is 1.54. The number of rotatable bonds is 0. The molecule has 4 heteroatoms. The summed E-state index contributed by atoms with van der Waals surface area (Å²) in [5, 5.41) is 0. The molecule has 0 aliphatic heterocycles. The Morgan fingerprint density at radius 2 is 0.700 bits per heavy atom. The van der Waals surface area contributed by atoms with Crippen LogP contribution in [0.2, 0.25) is 0 Å². The van der Waals surface area contributed by atoms with Gasteiger partial charge in [0, 0.05) is 0 Å². The van der Waals surface area contributed by atoms with Gasteiger partial charge in [-0.05, 0) is 17.3 Å². The summed E-state index contributed by atoms with van der Waals surface area (Å²) in [6.45, 7) is 5.97. The van der Waals surface area contributed by atoms with Crippen molar-refractivity contribution in [2.45, 2.75) is 20.8 Å². The van der Waals surface area contributed by atoms with Crippen LogP contribution in [0, 0.1) is 0 Å². The molecule has 0 aromatic carbocycles. The minimum absolute atomic E-state index is 0. The largest absolute Gasteiger partial charge is 0.344 e. The summed E-state index contributed by atoms with van der Waals surface area (Å²) < 4.78 is 0. The van der Waals surface area contributed by atoms with E-state index in [1.165, 1.54) is 0 Å². The van der Waals surface area contributed by atoms with E-state index in [1.54, 1.807) is 0 Å². The van der Waals surface area contributed by atoms with Crippen molar-refractivity contribution in [3.8, 4) is 0 Å². The van der Waals surface area contributed by atoms with Crippen LogP contribution in [0.25, 0.3) is 0 Å². The van der Waals surface area contributed by atoms with Crippen molar-refractivity contribution in [3.63, 3.8) is 0 Å². The molecule has 10 heavy (non-hydrogen) atoms. The Morgan fingerprint density at radius 3 is 0.700 bits per heavy atom. The van der Waals surface area contributed by atoms with Crippen molar-refractivity contribution in [1.29, 1.82) is 0 Å². The van der Waals surface area contributed by atoms with Crippen LogP contribution < -0.4 is 6.15 Å². The molecule has 68 valence electrons. The molecule has 0 aromatic heterocycles. The smallest absolute Gasteiger partial charge is 0.0126 e. The first-order valence-corrected chi connectivity index (χ1v) is 4.97. The Labute approximate surface area is 82.2 Å². The number of hydrogen-bond donors (Lipinski definition) is 4. The molecule has 0 heterocycles. The lowest BCUT2D eigenvalue weighted by Crippen LogP contribution is -1.36. The summed E-state index contributed by atoms with van der Waals surface area (Å²) >= 11 is 11.4. The average Bonchev–Trinajstić information content (AvgIpc) is 1.70. The minimum atomic E-state index is 0. The Hall–Kier alpha value is 1.01. The molecule has 0 amide bonds. The SMILES string of the molecule is CCS.CCS.CCS.N. The predicted octanol–water partition coefficient (Wildman–Crippen LogP) is 2.97. The summed E-state index contributed by atoms with van der Waals surface area (Å²) in [7, 11) is 0. The highest BCUT2D eigenvalue weighted by Crippen LogP contribution is 1.58. The molecular formula is C6H21NS3. The fraction of sp³-hybridized carbons (Fsp3) is 1.00. The molecular weight excluding hydrogens is 182 g/mol. The monoisotopic (exact) mass is 203 g/mol. The Kier molecular flexibility index (Phi) is 113. The van der Waals surface area contributed by atoms with Crippen LogP contribution in [0.5, 0.6) is 0 Å². The Bertz CT molecular complexity index is 17.7. The van der Waals surface area contributed by atoms with Crippen LogP contribution in [0.3, 0.4) is 0 Å². The lowest BCUT2D eigenvalue weighted by Gasteiger charge is -1.48. The summed E-state index contributed by atoms with van der Waals surface area (Å²) in [5.74, 6) is 2.83. The van der Waals surface area contributed by atoms with Gasteiger partial charge in [0.05, 0.1) is 0 Å². The van der Waals surface area contributed by atoms with Gasteiger partial charge in [0.1, 0.15) is 0 Å². The molecule has 0 aliphatic carbocycles. The first-order valence-electron chi connectivity index (χ1n) is 3.07. The van der Waals surface area contributed by atoms with Crippen LogP contribution in [-0.4, -0.2) is 17.3 Å². The second-order valence-corrected chi connectivity index (χ2v) is 2.85. The zero-order valence-corrected chi connectivity index (χ0v) is 9.85. The van der Waals surface area contributed by atoms with E-state index in [0.29, 0.717) is 0 Å². The van der Waals surface area contributed by atoms with E-state index in [9.17, 15) is 0 Å². The van der Waals surface area contributed by atoms with E-state index in [1.807, 2.05) is 20.8 Å². The van der Waals surface area contributed by atoms with E-state index >= 15 is 0 Å². The van der Waals surface area contributed by atoms with Crippen molar-refractivity contribution in [2.75, 3.05) is 17.3 Å². The van der Waals surface area contributed by atoms with Crippen LogP contribution in [0.4, 0.5) is 0 Å². The molecule has 0 fully saturated rings. The minimum Gasteiger partial charge on any atom is -0.344 e. The average molecular weight is 203 g/mol. The third-order valence-electron chi connectivity index (χ3n) is 0. The van der Waals surface area contributed by atoms with E-state index in [2.05, 4.69) is 37.9 Å². The van der Waals surface area contributed by atoms with Gasteiger partial charge < -0.3 is 6.15 Å². The molecule has 0 atom stereocenters. The van der Waals surface area contributed by atoms with Gasteiger partial charge in [0.25, 0.3) is 0 Å². The summed E-state index contributed by atoms with van der Waals surface area (Å²) in [6, 6.07) is 0. The fourth-order valence-electron chi connectivity index (χ4n) is 0. The van der Waals surface area contributed by atoms with Crippen LogP contribution in [0.15, 0.2) is 0 Å². The van der Waals surface area contributed by atoms with Crippen molar-refractivity contribution >= 4 is 37.9 Å². The van der Waals surface area contributed by atoms with Gasteiger partial charge in [0.15, 0.2) is 0 Å². The molecule has 1 nitrogen and oxygen atoms in total. The molecule has 0 aliphatic rings. The molecule has 0 spiro atoms. The molecule has 0 rings (SSSR count). The zero-order valence-electron chi connectivity index (χ0n) is 7.17. The van der Waals surface area contributed by atoms with Gasteiger partial charge in [0.2, 0.25) is 0 Å². The van der Waals surface area contributed by atoms with E-state index in [4.69, 9.17) is 0 Å². The van der Waals surface area contributed by atoms with Gasteiger partial charge in [-0.15, -0.1) is 0 Å². The van der Waals surface area contributed by atoms with E-state index < -0.39 is 0 Å². The van der Waals surface area contributed by atoms with Crippen molar-refractivity contribution in [1.82, 2.24) is 6.15 Å². The van der Waals surface area contributed by atoms with Gasteiger partial charge in [-0.2, -0.15) is 37.9 Å². The quantitative estimate of drug-likeness (QED) is 0.449. The highest BCUT2D eigenvalue weighted by atomic mass is 32.1. The maximum Gasteiger partial charge on any atom is -0.0126 e. The predicted molar refractivity (Wildman–Crippen MR) is 63.6 cm³/mol. The van der Waals surface area contributed by atoms with Gasteiger partial charge in [-0.25, -0.2) is 0 Å². The van der Waals surface area contributed by atoms with Crippen LogP contribution in [0.1, 0.15) is 20.8 Å². The standard InChI is InChI=1S/3C2H6S.H3N/c3*1-2-3;/h3*3H,2H2,1H3;1H3. The van der Waals surface area contributed by atoms with Crippen molar-refractivity contribution in [3.05, 3.63) is 0 Å². The molecule has 0 radical (unpaired) electrons. The van der Waals surface area contributed by atoms with Crippen molar-refractivity contribution in [2.24, 2.45) is 0 Å². The summed E-state index contributed by atoms with van der Waals surface area (Å²) in [5.41, 5.74) is 0. The fourth-order valence-corrected chi connectivity index (χ4v) is 0. The first kappa shape index (κ1) is 22.5. The topological polar surface area (TPSA) is 35.0 Å². The maximum atomic E-state index is 3.79. The Morgan fingerprint density at radius 1 is 0.700 bits per heavy atom.